The van der Waals surface area contributed by atoms with Crippen molar-refractivity contribution in [1.82, 2.24) is 4.90 Å². The van der Waals surface area contributed by atoms with Gasteiger partial charge >= 0.3 is 0 Å². The minimum Gasteiger partial charge on any atom is -0.494 e. The standard InChI is InChI=1S/C20H22N2O3/c1-21-18-12-6-5-11-17(18)20(24)22(15-19(21)23)13-7-8-14-25-16-9-3-2-4-10-16/h2-6,9-12H,7-8,13-15H2,1H3. The van der Waals surface area contributed by atoms with E-state index in [-0.39, 0.29) is 18.4 Å². The normalized spacial score (nSPS) is 14.3. The Morgan fingerprint density at radius 2 is 1.68 bits per heavy atom. The lowest BCUT2D eigenvalue weighted by Gasteiger charge is -2.20. The number of nitrogens with zero attached hydrogens (tertiary/aromatic N) is 2. The van der Waals surface area contributed by atoms with Crippen LogP contribution in [0.5, 0.6) is 5.75 Å². The number of ether oxygens (including phenoxy) is 1. The van der Waals surface area contributed by atoms with Crippen molar-refractivity contribution in [2.75, 3.05) is 31.6 Å². The second kappa shape index (κ2) is 7.83. The topological polar surface area (TPSA) is 49.9 Å². The predicted octanol–water partition coefficient (Wildman–Crippen LogP) is 2.96. The number of likely N-dealkylation sites (N-methyl/N-ethyl adjacent to an activating group) is 1. The highest BCUT2D eigenvalue weighted by molar-refractivity contribution is 6.09. The van der Waals surface area contributed by atoms with Crippen LogP contribution in [0.1, 0.15) is 23.2 Å². The van der Waals surface area contributed by atoms with Crippen LogP contribution in [-0.4, -0.2) is 43.5 Å². The second-order valence-corrected chi connectivity index (χ2v) is 6.07. The molecular formula is C20H22N2O3. The van der Waals surface area contributed by atoms with Gasteiger partial charge in [-0.15, -0.1) is 0 Å². The first-order valence-electron chi connectivity index (χ1n) is 8.49. The minimum absolute atomic E-state index is 0.0705. The lowest BCUT2D eigenvalue weighted by atomic mass is 10.1. The molecule has 130 valence electrons. The Kier molecular flexibility index (Phi) is 5.33. The number of fused-ring (bicyclic) bond motifs is 1. The fraction of sp³-hybridized carbons (Fsp3) is 0.300. The summed E-state index contributed by atoms with van der Waals surface area (Å²) in [6, 6.07) is 16.9. The zero-order chi connectivity index (χ0) is 17.6. The van der Waals surface area contributed by atoms with Gasteiger partial charge in [-0.3, -0.25) is 9.59 Å². The SMILES string of the molecule is CN1C(=O)CN(CCCCOc2ccccc2)C(=O)c2ccccc21. The van der Waals surface area contributed by atoms with E-state index in [9.17, 15) is 9.59 Å². The molecule has 5 nitrogen and oxygen atoms in total. The number of amides is 2. The first-order chi connectivity index (χ1) is 12.2. The number of carbonyl (C=O) groups is 2. The molecule has 0 bridgehead atoms. The molecule has 0 fully saturated rings. The van der Waals surface area contributed by atoms with Crippen LogP contribution in [0.4, 0.5) is 5.69 Å². The number of hydrogen-bond acceptors (Lipinski definition) is 3. The highest BCUT2D eigenvalue weighted by Crippen LogP contribution is 2.24. The summed E-state index contributed by atoms with van der Waals surface area (Å²) in [6.45, 7) is 1.25. The van der Waals surface area contributed by atoms with Crippen LogP contribution in [0, 0.1) is 0 Å². The molecule has 0 spiro atoms. The summed E-state index contributed by atoms with van der Waals surface area (Å²) >= 11 is 0. The number of unbranched alkanes of at least 4 members (excludes halogenated alkanes) is 1. The molecule has 0 aliphatic carbocycles. The molecule has 0 saturated carbocycles. The molecule has 25 heavy (non-hydrogen) atoms. The summed E-state index contributed by atoms with van der Waals surface area (Å²) in [6.07, 6.45) is 1.61. The van der Waals surface area contributed by atoms with Crippen LogP contribution < -0.4 is 9.64 Å². The van der Waals surface area contributed by atoms with Gasteiger partial charge in [-0.1, -0.05) is 30.3 Å². The molecule has 2 aromatic rings. The number of hydrogen-bond donors (Lipinski definition) is 0. The molecule has 1 aliphatic heterocycles. The lowest BCUT2D eigenvalue weighted by molar-refractivity contribution is -0.118. The summed E-state index contributed by atoms with van der Waals surface area (Å²) in [5.41, 5.74) is 1.25. The van der Waals surface area contributed by atoms with Crippen molar-refractivity contribution in [3.05, 3.63) is 60.2 Å². The highest BCUT2D eigenvalue weighted by atomic mass is 16.5. The van der Waals surface area contributed by atoms with Crippen molar-refractivity contribution in [2.24, 2.45) is 0 Å². The van der Waals surface area contributed by atoms with E-state index in [1.165, 1.54) is 0 Å². The van der Waals surface area contributed by atoms with Gasteiger partial charge in [0.1, 0.15) is 12.3 Å². The monoisotopic (exact) mass is 338 g/mol. The van der Waals surface area contributed by atoms with Crippen molar-refractivity contribution in [2.45, 2.75) is 12.8 Å². The first kappa shape index (κ1) is 17.0. The van der Waals surface area contributed by atoms with E-state index < -0.39 is 0 Å². The van der Waals surface area contributed by atoms with Crippen LogP contribution in [-0.2, 0) is 4.79 Å². The van der Waals surface area contributed by atoms with Gasteiger partial charge in [0.25, 0.3) is 5.91 Å². The van der Waals surface area contributed by atoms with Gasteiger partial charge in [-0.25, -0.2) is 0 Å². The Hall–Kier alpha value is -2.82. The largest absolute Gasteiger partial charge is 0.494 e. The fourth-order valence-corrected chi connectivity index (χ4v) is 2.88. The maximum absolute atomic E-state index is 12.7. The Balaban J connectivity index is 1.55. The lowest BCUT2D eigenvalue weighted by Crippen LogP contribution is -2.38. The van der Waals surface area contributed by atoms with Crippen LogP contribution in [0.25, 0.3) is 0 Å². The predicted molar refractivity (Wildman–Crippen MR) is 96.9 cm³/mol. The van der Waals surface area contributed by atoms with Crippen molar-refractivity contribution in [3.63, 3.8) is 0 Å². The fourth-order valence-electron chi connectivity index (χ4n) is 2.88. The van der Waals surface area contributed by atoms with Gasteiger partial charge in [0.2, 0.25) is 5.91 Å². The summed E-state index contributed by atoms with van der Waals surface area (Å²) < 4.78 is 5.66. The molecule has 0 saturated heterocycles. The Morgan fingerprint density at radius 1 is 0.960 bits per heavy atom. The Morgan fingerprint density at radius 3 is 2.48 bits per heavy atom. The van der Waals surface area contributed by atoms with E-state index in [2.05, 4.69) is 0 Å². The molecule has 0 N–H and O–H groups in total. The molecule has 0 unspecified atom stereocenters. The maximum atomic E-state index is 12.7. The van der Waals surface area contributed by atoms with E-state index in [4.69, 9.17) is 4.74 Å². The summed E-state index contributed by atoms with van der Waals surface area (Å²) in [5.74, 6) is 0.690. The van der Waals surface area contributed by atoms with E-state index in [1.807, 2.05) is 48.5 Å². The van der Waals surface area contributed by atoms with Gasteiger partial charge in [-0.2, -0.15) is 0 Å². The summed E-state index contributed by atoms with van der Waals surface area (Å²) in [7, 11) is 1.71. The van der Waals surface area contributed by atoms with Gasteiger partial charge < -0.3 is 14.5 Å². The third-order valence-corrected chi connectivity index (χ3v) is 4.32. The zero-order valence-electron chi connectivity index (χ0n) is 14.4. The third-order valence-electron chi connectivity index (χ3n) is 4.32. The van der Waals surface area contributed by atoms with Gasteiger partial charge in [-0.05, 0) is 37.1 Å². The number of rotatable bonds is 6. The van der Waals surface area contributed by atoms with E-state index in [0.717, 1.165) is 18.6 Å². The van der Waals surface area contributed by atoms with E-state index >= 15 is 0 Å². The Bertz CT molecular complexity index is 746. The van der Waals surface area contributed by atoms with Crippen LogP contribution in [0.3, 0.4) is 0 Å². The Labute approximate surface area is 147 Å². The first-order valence-corrected chi connectivity index (χ1v) is 8.49. The molecule has 5 heteroatoms. The van der Waals surface area contributed by atoms with Crippen molar-refractivity contribution >= 4 is 17.5 Å². The molecule has 1 aliphatic rings. The number of carbonyl (C=O) groups excluding carboxylic acids is 2. The number of benzene rings is 2. The highest BCUT2D eigenvalue weighted by Gasteiger charge is 2.28. The molecule has 2 aromatic carbocycles. The number of para-hydroxylation sites is 2. The van der Waals surface area contributed by atoms with Crippen LogP contribution in [0.2, 0.25) is 0 Å². The molecular weight excluding hydrogens is 316 g/mol. The average molecular weight is 338 g/mol. The van der Waals surface area contributed by atoms with Crippen molar-refractivity contribution in [1.29, 1.82) is 0 Å². The molecule has 3 rings (SSSR count). The number of anilines is 1. The minimum atomic E-state index is -0.0859. The quantitative estimate of drug-likeness (QED) is 0.761. The smallest absolute Gasteiger partial charge is 0.256 e. The zero-order valence-corrected chi connectivity index (χ0v) is 14.4. The van der Waals surface area contributed by atoms with Crippen LogP contribution >= 0.6 is 0 Å². The molecule has 0 atom stereocenters. The second-order valence-electron chi connectivity index (χ2n) is 6.07. The molecule has 0 aromatic heterocycles. The average Bonchev–Trinajstić information content (AvgIpc) is 2.74. The maximum Gasteiger partial charge on any atom is 0.256 e. The van der Waals surface area contributed by atoms with E-state index in [1.54, 1.807) is 22.9 Å². The van der Waals surface area contributed by atoms with Crippen LogP contribution in [0.15, 0.2) is 54.6 Å². The molecule has 0 radical (unpaired) electrons. The van der Waals surface area contributed by atoms with Crippen molar-refractivity contribution in [3.8, 4) is 5.75 Å². The third kappa shape index (κ3) is 3.99. The van der Waals surface area contributed by atoms with Gasteiger partial charge in [0.05, 0.1) is 17.9 Å². The summed E-state index contributed by atoms with van der Waals surface area (Å²) in [5, 5.41) is 0. The molecule has 1 heterocycles. The van der Waals surface area contributed by atoms with Gasteiger partial charge in [0, 0.05) is 13.6 Å². The van der Waals surface area contributed by atoms with Gasteiger partial charge in [0.15, 0.2) is 0 Å². The molecule has 2 amide bonds. The van der Waals surface area contributed by atoms with E-state index in [0.29, 0.717) is 24.4 Å². The van der Waals surface area contributed by atoms with Crippen molar-refractivity contribution < 1.29 is 14.3 Å². The summed E-state index contributed by atoms with van der Waals surface area (Å²) in [4.78, 5) is 28.2.